The first-order valence-corrected chi connectivity index (χ1v) is 28.2. The van der Waals surface area contributed by atoms with Crippen molar-refractivity contribution < 1.29 is 197 Å². The molecule has 0 aliphatic rings. The van der Waals surface area contributed by atoms with E-state index in [1.807, 2.05) is 60.5 Å². The molecule has 4 aromatic heterocycles. The van der Waals surface area contributed by atoms with Crippen LogP contribution in [0.15, 0.2) is 122 Å². The smallest absolute Gasteiger partial charge is 0.632 e. The van der Waals surface area contributed by atoms with Crippen LogP contribution in [0.4, 0.5) is 19.2 Å². The number of imidazole rings is 4. The van der Waals surface area contributed by atoms with E-state index in [2.05, 4.69) is 158 Å². The third kappa shape index (κ3) is 27.8. The van der Waals surface area contributed by atoms with Crippen LogP contribution in [0, 0.1) is 26.2 Å². The summed E-state index contributed by atoms with van der Waals surface area (Å²) < 4.78 is 15.1. The second-order valence-corrected chi connectivity index (χ2v) is 20.3. The molecule has 4 unspecified atom stereocenters. The third-order valence-electron chi connectivity index (χ3n) is 11.4. The summed E-state index contributed by atoms with van der Waals surface area (Å²) in [5, 5.41) is 4.28. The molecular weight excluding hydrogens is 1560 g/mol. The Labute approximate surface area is 634 Å². The van der Waals surface area contributed by atoms with Crippen LogP contribution in [0.2, 0.25) is 0 Å². The Bertz CT molecular complexity index is 3780. The fourth-order valence-corrected chi connectivity index (χ4v) is 9.09. The zero-order chi connectivity index (χ0) is 62.7. The number of amides is 4. The van der Waals surface area contributed by atoms with Gasteiger partial charge in [-0.25, -0.2) is 51.2 Å². The van der Waals surface area contributed by atoms with E-state index in [0.29, 0.717) is 33.6 Å². The Kier molecular flexibility index (Phi) is 44.8. The van der Waals surface area contributed by atoms with Gasteiger partial charge in [0.15, 0.2) is 0 Å². The van der Waals surface area contributed by atoms with E-state index < -0.39 is 24.4 Å². The van der Waals surface area contributed by atoms with Crippen LogP contribution in [0.5, 0.6) is 0 Å². The van der Waals surface area contributed by atoms with Gasteiger partial charge in [0.2, 0.25) is 24.4 Å². The standard InChI is InChI=1S/2C25H16N4O2P2.4C2H5NO2.4V.2Y/c1-15-20-8-6-18(10-19(20)7-9-21(15)23-12-27-25(29-23)33-14-31)16-2-4-17(5-3-16)22-11-26-24(28-22)32-13-30;1-15-8-20-9-18(6-7-19(20)10-21(15)23-12-27-25(29-23)33-14-31)16-2-4-17(5-3-16)22-11-26-24(28-22)32-13-30;4*1-5-2(3)4;;;;;;/h2*2-11,32-33H,1H2,(H,26,28)(H,27,29);4*1H3,(H2,3,4);;;;;;/q2*-4;;;;;4*+2;;/p-4. The second kappa shape index (κ2) is 46.5. The summed E-state index contributed by atoms with van der Waals surface area (Å²) in [5.41, 5.74) is 39.3. The summed E-state index contributed by atoms with van der Waals surface area (Å²) in [7, 11) is 4.18. The molecular formula is C58H48N12O12P4V4Y2-4. The van der Waals surface area contributed by atoms with Crippen LogP contribution in [-0.2, 0) is 178 Å². The molecule has 4 heterocycles. The van der Waals surface area contributed by atoms with Crippen LogP contribution in [-0.4, -0.2) is 117 Å². The number of hydrogen-bond donors (Lipinski definition) is 4. The molecule has 92 heavy (non-hydrogen) atoms. The maximum absolute atomic E-state index is 10.6. The van der Waals surface area contributed by atoms with Gasteiger partial charge in [-0.1, -0.05) is 119 Å². The number of benzene rings is 6. The number of aromatic amines is 4. The quantitative estimate of drug-likeness (QED) is 0.0446. The predicted octanol–water partition coefficient (Wildman–Crippen LogP) is 11.2. The average Bonchev–Trinajstić information content (AvgIpc) is 2.09. The van der Waals surface area contributed by atoms with E-state index in [0.717, 1.165) is 117 Å². The molecule has 4 amide bonds. The Balaban J connectivity index is 0. The second-order valence-electron chi connectivity index (χ2n) is 16.6. The number of nitrogens with one attached hydrogen (secondary N) is 8. The molecule has 0 spiro atoms. The topological polar surface area (TPSA) is 383 Å². The number of methoxy groups -OCH3 is 4. The van der Waals surface area contributed by atoms with E-state index >= 15 is 0 Å². The van der Waals surface area contributed by atoms with Gasteiger partial charge in [-0.05, 0) is 49.9 Å². The number of fused-ring (bicyclic) bond motifs is 2. The molecule has 0 aliphatic carbocycles. The minimum Gasteiger partial charge on any atom is -0.632 e. The summed E-state index contributed by atoms with van der Waals surface area (Å²) in [6.07, 6.45) is 5.35. The summed E-state index contributed by atoms with van der Waals surface area (Å²) in [6, 6.07) is 44.6. The van der Waals surface area contributed by atoms with Crippen LogP contribution in [0.1, 0.15) is 11.1 Å². The summed E-state index contributed by atoms with van der Waals surface area (Å²) in [6.45, 7) is 8.46. The van der Waals surface area contributed by atoms with Crippen molar-refractivity contribution in [2.24, 2.45) is 0 Å². The van der Waals surface area contributed by atoms with Crippen molar-refractivity contribution in [3.05, 3.63) is 182 Å². The van der Waals surface area contributed by atoms with E-state index in [9.17, 15) is 38.4 Å². The number of ether oxygens (including phenoxy) is 4. The van der Waals surface area contributed by atoms with Crippen LogP contribution in [0.25, 0.3) is 112 Å². The number of aromatic nitrogens is 8. The van der Waals surface area contributed by atoms with Crippen molar-refractivity contribution >= 4 is 127 Å². The van der Waals surface area contributed by atoms with Crippen molar-refractivity contribution in [2.75, 3.05) is 28.4 Å². The van der Waals surface area contributed by atoms with Crippen molar-refractivity contribution in [2.45, 2.75) is 0 Å². The number of carbonyl (C=O) groups is 4. The minimum absolute atomic E-state index is 0. The third-order valence-corrected chi connectivity index (χ3v) is 13.7. The van der Waals surface area contributed by atoms with Crippen molar-refractivity contribution in [3.63, 3.8) is 0 Å². The maximum atomic E-state index is 10.6. The molecule has 0 bridgehead atoms. The van der Waals surface area contributed by atoms with Crippen LogP contribution >= 0.6 is 34.3 Å². The molecule has 0 saturated carbocycles. The number of rotatable bonds is 14. The summed E-state index contributed by atoms with van der Waals surface area (Å²) in [5.74, 6) is 0. The average molecular weight is 1610 g/mol. The van der Waals surface area contributed by atoms with Gasteiger partial charge in [0.05, 0.1) is 63.4 Å². The van der Waals surface area contributed by atoms with E-state index in [4.69, 9.17) is 22.9 Å². The van der Waals surface area contributed by atoms with Gasteiger partial charge in [-0.3, -0.25) is 19.2 Å². The van der Waals surface area contributed by atoms with Gasteiger partial charge >= 0.3 is 74.2 Å². The fourth-order valence-electron chi connectivity index (χ4n) is 7.45. The monoisotopic (exact) mass is 1610 g/mol. The van der Waals surface area contributed by atoms with Crippen molar-refractivity contribution in [1.29, 1.82) is 0 Å². The fraction of sp³-hybridized carbons (Fsp3) is 0.0690. The Morgan fingerprint density at radius 1 is 0.435 bits per heavy atom. The van der Waals surface area contributed by atoms with Crippen LogP contribution < -0.4 is 22.3 Å². The molecule has 24 nitrogen and oxygen atoms in total. The molecule has 10 aromatic rings. The molecule has 0 fully saturated rings. The van der Waals surface area contributed by atoms with E-state index in [1.165, 1.54) is 0 Å². The normalized spacial score (nSPS) is 9.87. The maximum Gasteiger partial charge on any atom is 2.00 e. The van der Waals surface area contributed by atoms with E-state index in [1.54, 1.807) is 12.4 Å². The predicted molar refractivity (Wildman–Crippen MR) is 337 cm³/mol. The first kappa shape index (κ1) is 88.5. The van der Waals surface area contributed by atoms with Gasteiger partial charge in [0.25, 0.3) is 0 Å². The molecule has 6 radical (unpaired) electrons. The number of nitrogens with zero attached hydrogens (tertiary/aromatic N) is 4. The molecule has 10 rings (SSSR count). The first-order chi connectivity index (χ1) is 41.4. The Morgan fingerprint density at radius 2 is 0.772 bits per heavy atom. The molecule has 6 aromatic carbocycles. The molecule has 462 valence electrons. The number of carbonyl (C=O) groups excluding carboxylic acids is 8. The zero-order valence-electron chi connectivity index (χ0n) is 48.6. The summed E-state index contributed by atoms with van der Waals surface area (Å²) in [4.78, 5) is 109. The van der Waals surface area contributed by atoms with Gasteiger partial charge in [-0.2, -0.15) is 48.2 Å². The van der Waals surface area contributed by atoms with E-state index in [-0.39, 0.29) is 174 Å². The number of H-pyrrole nitrogens is 4. The van der Waals surface area contributed by atoms with Gasteiger partial charge in [0.1, 0.15) is 0 Å². The molecule has 34 heteroatoms. The van der Waals surface area contributed by atoms with Crippen LogP contribution in [0.3, 0.4) is 0 Å². The minimum atomic E-state index is -0.995. The Morgan fingerprint density at radius 3 is 1.16 bits per heavy atom. The van der Waals surface area contributed by atoms with Gasteiger partial charge in [-0.15, -0.1) is 34.7 Å². The summed E-state index contributed by atoms with van der Waals surface area (Å²) >= 11 is 0. The molecule has 8 N–H and O–H groups in total. The molecule has 4 atom stereocenters. The van der Waals surface area contributed by atoms with Crippen molar-refractivity contribution in [3.8, 4) is 67.3 Å². The number of hydrogen-bond acceptors (Lipinski definition) is 16. The molecule has 0 aliphatic heterocycles. The van der Waals surface area contributed by atoms with Gasteiger partial charge < -0.3 is 91.0 Å². The molecule has 0 saturated heterocycles. The van der Waals surface area contributed by atoms with Crippen molar-refractivity contribution in [1.82, 2.24) is 39.9 Å². The largest absolute Gasteiger partial charge is 2.00 e. The Hall–Kier alpha value is -5.55. The zero-order valence-corrected chi connectivity index (χ0v) is 63.9. The van der Waals surface area contributed by atoms with Gasteiger partial charge in [0, 0.05) is 65.4 Å². The first-order valence-electron chi connectivity index (χ1n) is 24.2. The SMILES string of the molecule is COC([NH-])=O.COC([NH-])=O.COC([NH-])=O.COC([NH-])=O.[CH2-]c1c(-c2[c-]nc(P[C-]=O)[nH]2)ccc2cc(-c3ccc(-c4cnc(P[C-]=O)[nH]4)cc3)ccc12.[CH2-]c1cc2cc(-c3ccc(-c4cnc(P[C-]=O)[nH]4)cc3)ccc2cc1-c1[c-]nc(P[C-]=O)[nH]1.[V+2].[V+2].[V+2].[V+2].[Y].[Y].